The third kappa shape index (κ3) is 2.99. The molecule has 2 aromatic carbocycles. The number of hydrogen-bond donors (Lipinski definition) is 2. The summed E-state index contributed by atoms with van der Waals surface area (Å²) in [5.74, 6) is 0.861. The average molecular weight is 314 g/mol. The van der Waals surface area contributed by atoms with E-state index in [1.165, 1.54) is 0 Å². The second-order valence-electron chi connectivity index (χ2n) is 4.67. The minimum Gasteiger partial charge on any atom is -0.399 e. The van der Waals surface area contributed by atoms with E-state index in [-0.39, 0.29) is 0 Å². The number of rotatable bonds is 4. The van der Waals surface area contributed by atoms with Crippen LogP contribution >= 0.6 is 0 Å². The van der Waals surface area contributed by atoms with Gasteiger partial charge in [-0.1, -0.05) is 24.3 Å². The first kappa shape index (κ1) is 14.3. The second-order valence-corrected chi connectivity index (χ2v) is 5.51. The van der Waals surface area contributed by atoms with Gasteiger partial charge in [-0.2, -0.15) is 9.31 Å². The Kier molecular flexibility index (Phi) is 3.88. The minimum absolute atomic E-state index is 0.412. The van der Waals surface area contributed by atoms with Crippen molar-refractivity contribution in [2.75, 3.05) is 10.5 Å². The van der Waals surface area contributed by atoms with Crippen molar-refractivity contribution in [2.24, 2.45) is 0 Å². The quantitative estimate of drug-likeness (QED) is 0.722. The Morgan fingerprint density at radius 3 is 2.45 bits per heavy atom. The summed E-state index contributed by atoms with van der Waals surface area (Å²) in [6.45, 7) is 1.88. The molecule has 0 saturated carbocycles. The summed E-state index contributed by atoms with van der Waals surface area (Å²) in [6, 6.07) is 14.3. The summed E-state index contributed by atoms with van der Waals surface area (Å²) >= 11 is -1.78. The molecule has 22 heavy (non-hydrogen) atoms. The molecule has 1 heterocycles. The molecule has 6 nitrogen and oxygen atoms in total. The lowest BCUT2D eigenvalue weighted by Crippen LogP contribution is -2.13. The molecule has 1 aromatic heterocycles. The highest BCUT2D eigenvalue weighted by atomic mass is 32.2. The van der Waals surface area contributed by atoms with Gasteiger partial charge in [-0.3, -0.25) is 4.72 Å². The number of anilines is 2. The number of fused-ring (bicyclic) bond motifs is 1. The van der Waals surface area contributed by atoms with Crippen LogP contribution in [0.25, 0.3) is 10.8 Å². The monoisotopic (exact) mass is 314 g/mol. The highest BCUT2D eigenvalue weighted by Gasteiger charge is 2.10. The van der Waals surface area contributed by atoms with Gasteiger partial charge in [0, 0.05) is 16.5 Å². The van der Waals surface area contributed by atoms with Gasteiger partial charge < -0.3 is 9.92 Å². The van der Waals surface area contributed by atoms with E-state index < -0.39 is 11.3 Å². The fourth-order valence-corrected chi connectivity index (χ4v) is 2.66. The lowest BCUT2D eigenvalue weighted by molar-refractivity contribution is 0.567. The smallest absolute Gasteiger partial charge is 0.317 e. The summed E-state index contributed by atoms with van der Waals surface area (Å²) in [4.78, 5) is 0. The van der Waals surface area contributed by atoms with Crippen molar-refractivity contribution in [3.8, 4) is 5.75 Å². The van der Waals surface area contributed by atoms with Crippen LogP contribution in [0.15, 0.2) is 48.5 Å². The normalized spacial score (nSPS) is 12.0. The Morgan fingerprint density at radius 2 is 1.73 bits per heavy atom. The molecule has 0 aliphatic heterocycles. The predicted molar refractivity (Wildman–Crippen MR) is 87.5 cm³/mol. The van der Waals surface area contributed by atoms with Crippen molar-refractivity contribution < 1.29 is 8.39 Å². The molecule has 1 atom stereocenters. The molecule has 0 unspecified atom stereocenters. The Hall–Kier alpha value is -2.67. The number of aryl methyl sites for hydroxylation is 1. The molecule has 3 N–H and O–H groups in total. The van der Waals surface area contributed by atoms with Crippen LogP contribution in [0.2, 0.25) is 0 Å². The standard InChI is InChI=1S/C15H14N4O2S/c1-10-13-4-2-3-5-14(13)15(18-17-10)19-22(20)21-12-8-6-11(16)7-9-12/h2-9H,16H2,1H3,(H,18,19)/t22-/m1/s1. The van der Waals surface area contributed by atoms with Gasteiger partial charge in [-0.15, -0.1) is 5.10 Å². The lowest BCUT2D eigenvalue weighted by Gasteiger charge is -2.09. The van der Waals surface area contributed by atoms with E-state index in [9.17, 15) is 4.21 Å². The summed E-state index contributed by atoms with van der Waals surface area (Å²) in [7, 11) is 0. The van der Waals surface area contributed by atoms with Crippen LogP contribution in [0.5, 0.6) is 5.75 Å². The van der Waals surface area contributed by atoms with Crippen molar-refractivity contribution in [1.82, 2.24) is 10.2 Å². The zero-order valence-electron chi connectivity index (χ0n) is 11.8. The zero-order valence-corrected chi connectivity index (χ0v) is 12.6. The SMILES string of the molecule is Cc1nnc(N[S@](=O)Oc2ccc(N)cc2)c2ccccc12. The molecule has 0 aliphatic rings. The van der Waals surface area contributed by atoms with E-state index in [2.05, 4.69) is 14.9 Å². The first-order valence-electron chi connectivity index (χ1n) is 6.58. The second kappa shape index (κ2) is 5.98. The maximum atomic E-state index is 12.1. The molecular formula is C15H14N4O2S. The van der Waals surface area contributed by atoms with Gasteiger partial charge in [0.2, 0.25) is 0 Å². The lowest BCUT2D eigenvalue weighted by atomic mass is 10.1. The van der Waals surface area contributed by atoms with Gasteiger partial charge in [0.1, 0.15) is 5.75 Å². The first-order valence-corrected chi connectivity index (χ1v) is 7.65. The van der Waals surface area contributed by atoms with Crippen LogP contribution in [0.3, 0.4) is 0 Å². The summed E-state index contributed by atoms with van der Waals surface area (Å²) in [5.41, 5.74) is 7.02. The molecule has 7 heteroatoms. The highest BCUT2D eigenvalue weighted by molar-refractivity contribution is 7.82. The van der Waals surface area contributed by atoms with Crippen molar-refractivity contribution in [3.05, 3.63) is 54.2 Å². The largest absolute Gasteiger partial charge is 0.399 e. The van der Waals surface area contributed by atoms with E-state index in [4.69, 9.17) is 9.92 Å². The molecule has 3 rings (SSSR count). The molecule has 0 bridgehead atoms. The van der Waals surface area contributed by atoms with Crippen LogP contribution in [0.4, 0.5) is 11.5 Å². The fourth-order valence-electron chi connectivity index (χ4n) is 2.02. The molecule has 3 aromatic rings. The Labute approximate surface area is 130 Å². The van der Waals surface area contributed by atoms with E-state index in [1.807, 2.05) is 31.2 Å². The predicted octanol–water partition coefficient (Wildman–Crippen LogP) is 2.59. The molecule has 0 amide bonds. The maximum absolute atomic E-state index is 12.1. The first-order chi connectivity index (χ1) is 10.6. The topological polar surface area (TPSA) is 90.1 Å². The van der Waals surface area contributed by atoms with Crippen molar-refractivity contribution in [1.29, 1.82) is 0 Å². The molecule has 112 valence electrons. The minimum atomic E-state index is -1.78. The van der Waals surface area contributed by atoms with E-state index in [0.29, 0.717) is 17.3 Å². The van der Waals surface area contributed by atoms with Crippen LogP contribution < -0.4 is 14.6 Å². The van der Waals surface area contributed by atoms with Crippen LogP contribution in [-0.2, 0) is 11.3 Å². The van der Waals surface area contributed by atoms with Gasteiger partial charge in [-0.05, 0) is 31.2 Å². The summed E-state index contributed by atoms with van der Waals surface area (Å²) in [6.07, 6.45) is 0. The number of hydrogen-bond acceptors (Lipinski definition) is 5. The zero-order chi connectivity index (χ0) is 15.5. The molecule has 0 saturated heterocycles. The van der Waals surface area contributed by atoms with Gasteiger partial charge in [-0.25, -0.2) is 0 Å². The van der Waals surface area contributed by atoms with E-state index >= 15 is 0 Å². The number of nitrogens with two attached hydrogens (primary N) is 1. The van der Waals surface area contributed by atoms with E-state index in [0.717, 1.165) is 16.5 Å². The molecular weight excluding hydrogens is 300 g/mol. The number of benzene rings is 2. The van der Waals surface area contributed by atoms with Gasteiger partial charge >= 0.3 is 11.3 Å². The van der Waals surface area contributed by atoms with Crippen LogP contribution in [-0.4, -0.2) is 14.4 Å². The Balaban J connectivity index is 1.82. The van der Waals surface area contributed by atoms with Gasteiger partial charge in [0.15, 0.2) is 5.82 Å². The number of nitrogens with one attached hydrogen (secondary N) is 1. The average Bonchev–Trinajstić information content (AvgIpc) is 2.53. The third-order valence-electron chi connectivity index (χ3n) is 3.10. The Morgan fingerprint density at radius 1 is 1.05 bits per heavy atom. The van der Waals surface area contributed by atoms with E-state index in [1.54, 1.807) is 24.3 Å². The number of nitrogens with zero attached hydrogens (tertiary/aromatic N) is 2. The third-order valence-corrected chi connectivity index (χ3v) is 3.81. The van der Waals surface area contributed by atoms with Gasteiger partial charge in [0.05, 0.1) is 5.69 Å². The number of nitrogen functional groups attached to an aromatic ring is 1. The van der Waals surface area contributed by atoms with Crippen LogP contribution in [0.1, 0.15) is 5.69 Å². The van der Waals surface area contributed by atoms with Crippen molar-refractivity contribution in [2.45, 2.75) is 6.92 Å². The molecule has 0 spiro atoms. The summed E-state index contributed by atoms with van der Waals surface area (Å²) < 4.78 is 20.1. The molecule has 0 radical (unpaired) electrons. The Bertz CT molecular complexity index is 837. The fraction of sp³-hybridized carbons (Fsp3) is 0.0667. The summed E-state index contributed by atoms with van der Waals surface area (Å²) in [5, 5.41) is 9.89. The molecule has 0 aliphatic carbocycles. The molecule has 0 fully saturated rings. The van der Waals surface area contributed by atoms with Crippen molar-refractivity contribution in [3.63, 3.8) is 0 Å². The highest BCUT2D eigenvalue weighted by Crippen LogP contribution is 2.23. The maximum Gasteiger partial charge on any atom is 0.317 e. The van der Waals surface area contributed by atoms with Crippen molar-refractivity contribution >= 4 is 33.5 Å². The number of aromatic nitrogens is 2. The van der Waals surface area contributed by atoms with Crippen LogP contribution in [0, 0.1) is 6.92 Å². The van der Waals surface area contributed by atoms with Gasteiger partial charge in [0.25, 0.3) is 0 Å².